The van der Waals surface area contributed by atoms with E-state index in [0.717, 1.165) is 38.7 Å². The lowest BCUT2D eigenvalue weighted by molar-refractivity contribution is -0.149. The quantitative estimate of drug-likeness (QED) is 0.817. The van der Waals surface area contributed by atoms with Crippen molar-refractivity contribution < 1.29 is 19.4 Å². The number of nitrogens with one attached hydrogen (secondary N) is 1. The number of ether oxygens (including phenoxy) is 1. The van der Waals surface area contributed by atoms with E-state index in [1.807, 2.05) is 6.92 Å². The second-order valence-electron chi connectivity index (χ2n) is 6.57. The van der Waals surface area contributed by atoms with Gasteiger partial charge in [-0.3, -0.25) is 9.59 Å². The van der Waals surface area contributed by atoms with Crippen LogP contribution >= 0.6 is 0 Å². The molecule has 112 valence electrons. The molecule has 5 nitrogen and oxygen atoms in total. The third kappa shape index (κ3) is 2.32. The van der Waals surface area contributed by atoms with Gasteiger partial charge in [0.2, 0.25) is 5.91 Å². The fourth-order valence-corrected chi connectivity index (χ4v) is 4.43. The van der Waals surface area contributed by atoms with Crippen LogP contribution < -0.4 is 5.32 Å². The van der Waals surface area contributed by atoms with Crippen LogP contribution in [0.5, 0.6) is 0 Å². The van der Waals surface area contributed by atoms with Crippen LogP contribution in [0.15, 0.2) is 0 Å². The summed E-state index contributed by atoms with van der Waals surface area (Å²) >= 11 is 0. The molecule has 0 unspecified atom stereocenters. The van der Waals surface area contributed by atoms with Crippen LogP contribution in [0.3, 0.4) is 0 Å². The fourth-order valence-electron chi connectivity index (χ4n) is 4.43. The largest absolute Gasteiger partial charge is 0.481 e. The number of hydrogen-bond donors (Lipinski definition) is 2. The molecule has 0 aromatic heterocycles. The predicted octanol–water partition coefficient (Wildman–Crippen LogP) is 1.42. The Morgan fingerprint density at radius 3 is 2.50 bits per heavy atom. The van der Waals surface area contributed by atoms with Gasteiger partial charge in [0, 0.05) is 6.61 Å². The molecule has 2 saturated carbocycles. The summed E-state index contributed by atoms with van der Waals surface area (Å²) in [5, 5.41) is 12.4. The van der Waals surface area contributed by atoms with Gasteiger partial charge in [-0.2, -0.15) is 0 Å². The molecule has 2 N–H and O–H groups in total. The van der Waals surface area contributed by atoms with Gasteiger partial charge in [-0.15, -0.1) is 0 Å². The lowest BCUT2D eigenvalue weighted by atomic mass is 9.78. The van der Waals surface area contributed by atoms with Gasteiger partial charge in [0.05, 0.1) is 24.0 Å². The van der Waals surface area contributed by atoms with Crippen LogP contribution in [0.25, 0.3) is 0 Å². The molecular weight excluding hydrogens is 258 g/mol. The van der Waals surface area contributed by atoms with Gasteiger partial charge >= 0.3 is 5.97 Å². The number of rotatable bonds is 4. The summed E-state index contributed by atoms with van der Waals surface area (Å²) < 4.78 is 5.58. The van der Waals surface area contributed by atoms with Gasteiger partial charge in [-0.25, -0.2) is 0 Å². The van der Waals surface area contributed by atoms with Crippen molar-refractivity contribution in [3.05, 3.63) is 0 Å². The number of hydrogen-bond acceptors (Lipinski definition) is 3. The fraction of sp³-hybridized carbons (Fsp3) is 0.867. The zero-order valence-corrected chi connectivity index (χ0v) is 11.9. The molecule has 0 aromatic carbocycles. The Hall–Kier alpha value is -1.10. The summed E-state index contributed by atoms with van der Waals surface area (Å²) in [6.07, 6.45) is 4.97. The van der Waals surface area contributed by atoms with Gasteiger partial charge in [0.15, 0.2) is 0 Å². The van der Waals surface area contributed by atoms with Crippen molar-refractivity contribution in [1.82, 2.24) is 5.32 Å². The summed E-state index contributed by atoms with van der Waals surface area (Å²) in [5.74, 6) is -1.24. The second-order valence-corrected chi connectivity index (χ2v) is 6.57. The number of fused-ring (bicyclic) bond motifs is 2. The molecule has 1 aliphatic heterocycles. The summed E-state index contributed by atoms with van der Waals surface area (Å²) in [7, 11) is 0. The lowest BCUT2D eigenvalue weighted by Crippen LogP contribution is -2.47. The zero-order chi connectivity index (χ0) is 14.3. The van der Waals surface area contributed by atoms with Gasteiger partial charge in [0.1, 0.15) is 0 Å². The highest BCUT2D eigenvalue weighted by Gasteiger charge is 2.54. The minimum Gasteiger partial charge on any atom is -0.481 e. The first kappa shape index (κ1) is 13.9. The van der Waals surface area contributed by atoms with Crippen molar-refractivity contribution in [3.8, 4) is 0 Å². The van der Waals surface area contributed by atoms with E-state index < -0.39 is 11.9 Å². The number of carbonyl (C=O) groups excluding carboxylic acids is 1. The van der Waals surface area contributed by atoms with E-state index in [0.29, 0.717) is 0 Å². The molecule has 2 aliphatic carbocycles. The Balaban J connectivity index is 1.65. The maximum atomic E-state index is 12.5. The number of amides is 1. The standard InChI is InChI=1S/C15H23NO4/c1-8(11-3-2-6-20-11)16-14(17)12-9-4-5-10(7-9)13(12)15(18)19/h8-13H,2-7H2,1H3,(H,16,17)(H,18,19)/t8-,9-,10-,11+,12+,13+/m0/s1. The Morgan fingerprint density at radius 2 is 1.90 bits per heavy atom. The van der Waals surface area contributed by atoms with E-state index in [4.69, 9.17) is 4.74 Å². The average Bonchev–Trinajstić information content (AvgIpc) is 3.13. The summed E-state index contributed by atoms with van der Waals surface area (Å²) in [5.41, 5.74) is 0. The van der Waals surface area contributed by atoms with Gasteiger partial charge < -0.3 is 15.2 Å². The average molecular weight is 281 g/mol. The highest BCUT2D eigenvalue weighted by atomic mass is 16.5. The van der Waals surface area contributed by atoms with Crippen molar-refractivity contribution in [2.45, 2.75) is 51.2 Å². The SMILES string of the molecule is C[C@H](NC(=O)[C@@H]1[C@H]2CC[C@@H](C2)[C@H]1C(=O)O)[C@H]1CCCO1. The van der Waals surface area contributed by atoms with E-state index >= 15 is 0 Å². The lowest BCUT2D eigenvalue weighted by Gasteiger charge is -2.29. The van der Waals surface area contributed by atoms with E-state index in [-0.39, 0.29) is 35.8 Å². The summed E-state index contributed by atoms with van der Waals surface area (Å²) in [4.78, 5) is 23.9. The molecule has 6 atom stereocenters. The molecule has 0 aromatic rings. The van der Waals surface area contributed by atoms with Crippen molar-refractivity contribution in [1.29, 1.82) is 0 Å². The molecule has 3 fully saturated rings. The van der Waals surface area contributed by atoms with Crippen molar-refractivity contribution in [2.75, 3.05) is 6.61 Å². The Bertz CT molecular complexity index is 405. The van der Waals surface area contributed by atoms with Crippen LogP contribution in [0.2, 0.25) is 0 Å². The topological polar surface area (TPSA) is 75.6 Å². The third-order valence-corrected chi connectivity index (χ3v) is 5.40. The monoisotopic (exact) mass is 281 g/mol. The first-order chi connectivity index (χ1) is 9.58. The van der Waals surface area contributed by atoms with Gasteiger partial charge in [0.25, 0.3) is 0 Å². The molecule has 3 rings (SSSR count). The van der Waals surface area contributed by atoms with Crippen LogP contribution in [0.1, 0.15) is 39.0 Å². The van der Waals surface area contributed by atoms with Crippen molar-refractivity contribution in [3.63, 3.8) is 0 Å². The number of carboxylic acid groups (broad SMARTS) is 1. The minimum atomic E-state index is -0.804. The molecule has 5 heteroatoms. The van der Waals surface area contributed by atoms with Crippen LogP contribution in [-0.4, -0.2) is 35.7 Å². The molecule has 2 bridgehead atoms. The molecule has 1 saturated heterocycles. The molecule has 20 heavy (non-hydrogen) atoms. The predicted molar refractivity (Wildman–Crippen MR) is 72.0 cm³/mol. The Kier molecular flexibility index (Phi) is 3.71. The second kappa shape index (κ2) is 5.35. The van der Waals surface area contributed by atoms with E-state index in [2.05, 4.69) is 5.32 Å². The number of carbonyl (C=O) groups is 2. The van der Waals surface area contributed by atoms with Crippen molar-refractivity contribution >= 4 is 11.9 Å². The first-order valence-corrected chi connectivity index (χ1v) is 7.72. The van der Waals surface area contributed by atoms with Gasteiger partial charge in [-0.1, -0.05) is 0 Å². The molecule has 3 aliphatic rings. The maximum absolute atomic E-state index is 12.5. The summed E-state index contributed by atoms with van der Waals surface area (Å²) in [6, 6.07) is -0.0291. The normalized spacial score (nSPS) is 40.8. The van der Waals surface area contributed by atoms with Crippen LogP contribution in [0, 0.1) is 23.7 Å². The van der Waals surface area contributed by atoms with E-state index in [1.165, 1.54) is 0 Å². The zero-order valence-electron chi connectivity index (χ0n) is 11.9. The highest BCUT2D eigenvalue weighted by Crippen LogP contribution is 2.52. The molecule has 1 amide bonds. The Morgan fingerprint density at radius 1 is 1.20 bits per heavy atom. The smallest absolute Gasteiger partial charge is 0.307 e. The highest BCUT2D eigenvalue weighted by molar-refractivity contribution is 5.86. The van der Waals surface area contributed by atoms with E-state index in [9.17, 15) is 14.7 Å². The van der Waals surface area contributed by atoms with Crippen LogP contribution in [-0.2, 0) is 14.3 Å². The molecule has 0 spiro atoms. The number of carboxylic acids is 1. The molecule has 0 radical (unpaired) electrons. The van der Waals surface area contributed by atoms with Crippen molar-refractivity contribution in [2.24, 2.45) is 23.7 Å². The molecular formula is C15H23NO4. The van der Waals surface area contributed by atoms with Gasteiger partial charge in [-0.05, 0) is 50.9 Å². The van der Waals surface area contributed by atoms with Crippen LogP contribution in [0.4, 0.5) is 0 Å². The van der Waals surface area contributed by atoms with E-state index in [1.54, 1.807) is 0 Å². The first-order valence-electron chi connectivity index (χ1n) is 7.72. The minimum absolute atomic E-state index is 0.0291. The maximum Gasteiger partial charge on any atom is 0.307 e. The summed E-state index contributed by atoms with van der Waals surface area (Å²) in [6.45, 7) is 2.72. The molecule has 1 heterocycles. The number of aliphatic carboxylic acids is 1. The Labute approximate surface area is 119 Å². The third-order valence-electron chi connectivity index (χ3n) is 5.40.